The summed E-state index contributed by atoms with van der Waals surface area (Å²) in [5.41, 5.74) is 0.842. The number of hydrogen-bond donors (Lipinski definition) is 1. The van der Waals surface area contributed by atoms with Gasteiger partial charge in [0.15, 0.2) is 5.16 Å². The van der Waals surface area contributed by atoms with Gasteiger partial charge in [-0.2, -0.15) is 0 Å². The fourth-order valence-electron chi connectivity index (χ4n) is 2.57. The molecule has 0 radical (unpaired) electrons. The molecule has 5 nitrogen and oxygen atoms in total. The van der Waals surface area contributed by atoms with Gasteiger partial charge < -0.3 is 5.32 Å². The van der Waals surface area contributed by atoms with E-state index in [0.717, 1.165) is 0 Å². The summed E-state index contributed by atoms with van der Waals surface area (Å²) in [6.45, 7) is 5.71. The Bertz CT molecular complexity index is 1110. The predicted octanol–water partition coefficient (Wildman–Crippen LogP) is 4.48. The Kier molecular flexibility index (Phi) is 6.44. The zero-order valence-corrected chi connectivity index (χ0v) is 17.3. The summed E-state index contributed by atoms with van der Waals surface area (Å²) < 4.78 is 1.45. The molecule has 1 aromatic heterocycles. The first-order chi connectivity index (χ1) is 13.4. The van der Waals surface area contributed by atoms with Crippen molar-refractivity contribution in [3.05, 3.63) is 75.5 Å². The fraction of sp³-hybridized carbons (Fsp3) is 0.150. The van der Waals surface area contributed by atoms with E-state index in [-0.39, 0.29) is 11.5 Å². The Labute approximate surface area is 176 Å². The third-order valence-corrected chi connectivity index (χ3v) is 5.77. The molecule has 1 amide bonds. The second-order valence-electron chi connectivity index (χ2n) is 5.94. The van der Waals surface area contributed by atoms with E-state index in [1.807, 2.05) is 6.07 Å². The highest BCUT2D eigenvalue weighted by molar-refractivity contribution is 8.00. The molecule has 0 aliphatic carbocycles. The van der Waals surface area contributed by atoms with E-state index in [1.54, 1.807) is 49.4 Å². The summed E-state index contributed by atoms with van der Waals surface area (Å²) in [5, 5.41) is 3.86. The number of aromatic nitrogens is 2. The molecule has 0 bridgehead atoms. The maximum Gasteiger partial charge on any atom is 0.266 e. The summed E-state index contributed by atoms with van der Waals surface area (Å²) in [5.74, 6) is -0.173. The number of rotatable bonds is 6. The van der Waals surface area contributed by atoms with Crippen molar-refractivity contribution in [1.82, 2.24) is 14.9 Å². The highest BCUT2D eigenvalue weighted by Crippen LogP contribution is 2.28. The average molecular weight is 434 g/mol. The van der Waals surface area contributed by atoms with Gasteiger partial charge in [-0.1, -0.05) is 53.2 Å². The van der Waals surface area contributed by atoms with Crippen LogP contribution in [0.1, 0.15) is 6.92 Å². The first-order valence-corrected chi connectivity index (χ1v) is 10.1. The van der Waals surface area contributed by atoms with Crippen molar-refractivity contribution in [2.75, 3.05) is 6.54 Å². The molecule has 0 saturated carbocycles. The van der Waals surface area contributed by atoms with Crippen LogP contribution in [0.2, 0.25) is 10.0 Å². The molecule has 1 atom stereocenters. The predicted molar refractivity (Wildman–Crippen MR) is 116 cm³/mol. The van der Waals surface area contributed by atoms with E-state index in [1.165, 1.54) is 16.3 Å². The first kappa shape index (κ1) is 20.5. The Morgan fingerprint density at radius 2 is 2.04 bits per heavy atom. The molecule has 0 spiro atoms. The number of halogens is 2. The molecule has 1 N–H and O–H groups in total. The van der Waals surface area contributed by atoms with Crippen LogP contribution in [0.5, 0.6) is 0 Å². The van der Waals surface area contributed by atoms with Gasteiger partial charge in [-0.15, -0.1) is 6.58 Å². The molecular formula is C20H17Cl2N3O2S. The molecule has 0 aliphatic rings. The van der Waals surface area contributed by atoms with Crippen molar-refractivity contribution in [2.24, 2.45) is 0 Å². The quantitative estimate of drug-likeness (QED) is 0.353. The lowest BCUT2D eigenvalue weighted by Gasteiger charge is -2.16. The smallest absolute Gasteiger partial charge is 0.266 e. The van der Waals surface area contributed by atoms with Crippen molar-refractivity contribution in [1.29, 1.82) is 0 Å². The molecule has 3 rings (SSSR count). The summed E-state index contributed by atoms with van der Waals surface area (Å²) in [4.78, 5) is 30.1. The van der Waals surface area contributed by atoms with Crippen LogP contribution < -0.4 is 10.9 Å². The van der Waals surface area contributed by atoms with Crippen LogP contribution in [0, 0.1) is 0 Å². The number of nitrogens with one attached hydrogen (secondary N) is 1. The number of benzene rings is 2. The second-order valence-corrected chi connectivity index (χ2v) is 8.07. The van der Waals surface area contributed by atoms with Gasteiger partial charge in [-0.3, -0.25) is 14.2 Å². The van der Waals surface area contributed by atoms with Gasteiger partial charge in [0.05, 0.1) is 31.9 Å². The van der Waals surface area contributed by atoms with Gasteiger partial charge in [0.2, 0.25) is 5.91 Å². The lowest BCUT2D eigenvalue weighted by molar-refractivity contribution is -0.120. The van der Waals surface area contributed by atoms with E-state index < -0.39 is 5.25 Å². The molecule has 2 aromatic carbocycles. The van der Waals surface area contributed by atoms with Crippen LogP contribution in [0.3, 0.4) is 0 Å². The van der Waals surface area contributed by atoms with Crippen LogP contribution in [0.25, 0.3) is 16.6 Å². The van der Waals surface area contributed by atoms with Gasteiger partial charge >= 0.3 is 0 Å². The van der Waals surface area contributed by atoms with Crippen LogP contribution in [0.15, 0.2) is 65.1 Å². The number of thioether (sulfide) groups is 1. The monoisotopic (exact) mass is 433 g/mol. The number of carbonyl (C=O) groups excluding carboxylic acids is 1. The topological polar surface area (TPSA) is 64.0 Å². The largest absolute Gasteiger partial charge is 0.352 e. The summed E-state index contributed by atoms with van der Waals surface area (Å²) in [6.07, 6.45) is 1.61. The van der Waals surface area contributed by atoms with Crippen LogP contribution in [0.4, 0.5) is 0 Å². The molecule has 28 heavy (non-hydrogen) atoms. The Morgan fingerprint density at radius 1 is 1.29 bits per heavy atom. The van der Waals surface area contributed by atoms with E-state index >= 15 is 0 Å². The fourth-order valence-corrected chi connectivity index (χ4v) is 3.82. The number of hydrogen-bond acceptors (Lipinski definition) is 4. The first-order valence-electron chi connectivity index (χ1n) is 8.45. The highest BCUT2D eigenvalue weighted by Gasteiger charge is 2.20. The zero-order chi connectivity index (χ0) is 20.3. The molecular weight excluding hydrogens is 417 g/mol. The lowest BCUT2D eigenvalue weighted by atomic mass is 10.2. The van der Waals surface area contributed by atoms with Gasteiger partial charge in [0, 0.05) is 6.54 Å². The standard InChI is InChI=1S/C20H17Cl2N3O2S/c1-3-10-23-18(26)12(2)28-20-24-17-7-5-4-6-14(17)19(27)25(20)13-8-9-15(21)16(22)11-13/h3-9,11-12H,1,10H2,2H3,(H,23,26)/t12-/m0/s1. The van der Waals surface area contributed by atoms with Crippen molar-refractivity contribution in [2.45, 2.75) is 17.3 Å². The zero-order valence-electron chi connectivity index (χ0n) is 15.0. The minimum Gasteiger partial charge on any atom is -0.352 e. The number of amides is 1. The number of fused-ring (bicyclic) bond motifs is 1. The van der Waals surface area contributed by atoms with Crippen molar-refractivity contribution in [3.63, 3.8) is 0 Å². The van der Waals surface area contributed by atoms with Gasteiger partial charge in [0.1, 0.15) is 0 Å². The van der Waals surface area contributed by atoms with Crippen LogP contribution >= 0.6 is 35.0 Å². The molecule has 8 heteroatoms. The Balaban J connectivity index is 2.14. The SMILES string of the molecule is C=CCNC(=O)[C@H](C)Sc1nc2ccccc2c(=O)n1-c1ccc(Cl)c(Cl)c1. The highest BCUT2D eigenvalue weighted by atomic mass is 35.5. The minimum absolute atomic E-state index is 0.173. The average Bonchev–Trinajstić information content (AvgIpc) is 2.68. The number of carbonyl (C=O) groups is 1. The third-order valence-electron chi connectivity index (χ3n) is 3.98. The molecule has 0 saturated heterocycles. The Hall–Kier alpha value is -2.28. The molecule has 0 aliphatic heterocycles. The minimum atomic E-state index is -0.470. The van der Waals surface area contributed by atoms with E-state index in [9.17, 15) is 9.59 Å². The summed E-state index contributed by atoms with van der Waals surface area (Å²) in [6, 6.07) is 12.0. The van der Waals surface area contributed by atoms with Crippen LogP contribution in [-0.2, 0) is 4.79 Å². The van der Waals surface area contributed by atoms with Crippen molar-refractivity contribution >= 4 is 51.8 Å². The van der Waals surface area contributed by atoms with E-state index in [4.69, 9.17) is 23.2 Å². The molecule has 3 aromatic rings. The molecule has 1 heterocycles. The molecule has 144 valence electrons. The Morgan fingerprint density at radius 3 is 2.75 bits per heavy atom. The maximum absolute atomic E-state index is 13.2. The lowest BCUT2D eigenvalue weighted by Crippen LogP contribution is -2.32. The summed E-state index contributed by atoms with van der Waals surface area (Å²) in [7, 11) is 0. The van der Waals surface area contributed by atoms with Crippen molar-refractivity contribution < 1.29 is 4.79 Å². The second kappa shape index (κ2) is 8.82. The maximum atomic E-state index is 13.2. The molecule has 0 fully saturated rings. The van der Waals surface area contributed by atoms with Gasteiger partial charge in [-0.05, 0) is 37.3 Å². The van der Waals surface area contributed by atoms with E-state index in [0.29, 0.717) is 38.3 Å². The van der Waals surface area contributed by atoms with Crippen molar-refractivity contribution in [3.8, 4) is 5.69 Å². The number of para-hydroxylation sites is 1. The summed E-state index contributed by atoms with van der Waals surface area (Å²) >= 11 is 13.4. The molecule has 0 unspecified atom stereocenters. The van der Waals surface area contributed by atoms with E-state index in [2.05, 4.69) is 16.9 Å². The van der Waals surface area contributed by atoms with Gasteiger partial charge in [-0.25, -0.2) is 4.98 Å². The third kappa shape index (κ3) is 4.24. The van der Waals surface area contributed by atoms with Crippen LogP contribution in [-0.4, -0.2) is 27.3 Å². The number of nitrogens with zero attached hydrogens (tertiary/aromatic N) is 2. The normalized spacial score (nSPS) is 12.0. The van der Waals surface area contributed by atoms with Gasteiger partial charge in [0.25, 0.3) is 5.56 Å².